The average molecular weight is 302 g/mol. The minimum Gasteiger partial charge on any atom is -0.384 e. The Bertz CT molecular complexity index is 614. The predicted octanol–water partition coefficient (Wildman–Crippen LogP) is 3.95. The van der Waals surface area contributed by atoms with Crippen LogP contribution in [-0.4, -0.2) is 4.98 Å². The van der Waals surface area contributed by atoms with Crippen molar-refractivity contribution in [1.29, 1.82) is 0 Å². The van der Waals surface area contributed by atoms with E-state index in [1.807, 2.05) is 0 Å². The van der Waals surface area contributed by atoms with Crippen molar-refractivity contribution < 1.29 is 13.2 Å². The number of benzene rings is 1. The summed E-state index contributed by atoms with van der Waals surface area (Å²) < 4.78 is 37.9. The van der Waals surface area contributed by atoms with Gasteiger partial charge in [-0.1, -0.05) is 29.8 Å². The third-order valence-corrected chi connectivity index (χ3v) is 2.96. The number of hydrogen-bond donors (Lipinski definition) is 2. The lowest BCUT2D eigenvalue weighted by Gasteiger charge is -2.11. The first-order valence-electron chi connectivity index (χ1n) is 5.68. The molecule has 1 heterocycles. The number of nitrogens with two attached hydrogens (primary N) is 1. The predicted molar refractivity (Wildman–Crippen MR) is 72.4 cm³/mol. The Hall–Kier alpha value is -1.95. The van der Waals surface area contributed by atoms with Crippen LogP contribution in [0.2, 0.25) is 5.02 Å². The number of nitrogens with one attached hydrogen (secondary N) is 1. The number of aromatic nitrogens is 1. The van der Waals surface area contributed by atoms with Gasteiger partial charge in [0.05, 0.1) is 5.56 Å². The van der Waals surface area contributed by atoms with E-state index in [0.29, 0.717) is 5.02 Å². The summed E-state index contributed by atoms with van der Waals surface area (Å²) in [4.78, 5) is 3.82. The number of nitrogen functional groups attached to an aromatic ring is 1. The van der Waals surface area contributed by atoms with Gasteiger partial charge in [0.15, 0.2) is 0 Å². The lowest BCUT2D eigenvalue weighted by Crippen LogP contribution is -2.10. The molecule has 2 aromatic rings. The molecule has 0 aliphatic carbocycles. The van der Waals surface area contributed by atoms with E-state index in [1.54, 1.807) is 24.3 Å². The van der Waals surface area contributed by atoms with Crippen LogP contribution in [0.5, 0.6) is 0 Å². The lowest BCUT2D eigenvalue weighted by atomic mass is 10.2. The first-order valence-corrected chi connectivity index (χ1v) is 6.06. The van der Waals surface area contributed by atoms with Crippen LogP contribution in [0.3, 0.4) is 0 Å². The smallest absolute Gasteiger partial charge is 0.384 e. The normalized spacial score (nSPS) is 11.4. The van der Waals surface area contributed by atoms with Crippen LogP contribution in [0.1, 0.15) is 11.1 Å². The molecule has 0 spiro atoms. The fourth-order valence-electron chi connectivity index (χ4n) is 1.63. The topological polar surface area (TPSA) is 50.9 Å². The van der Waals surface area contributed by atoms with E-state index in [-0.39, 0.29) is 18.2 Å². The van der Waals surface area contributed by atoms with E-state index >= 15 is 0 Å². The summed E-state index contributed by atoms with van der Waals surface area (Å²) in [6.45, 7) is 0.257. The number of alkyl halides is 3. The molecule has 0 amide bonds. The lowest BCUT2D eigenvalue weighted by molar-refractivity contribution is -0.137. The molecule has 0 aliphatic rings. The number of rotatable bonds is 3. The van der Waals surface area contributed by atoms with Crippen molar-refractivity contribution in [3.63, 3.8) is 0 Å². The SMILES string of the molecule is Nc1cc(C(F)(F)F)cc(NCc2ccccc2Cl)n1. The highest BCUT2D eigenvalue weighted by molar-refractivity contribution is 6.31. The van der Waals surface area contributed by atoms with E-state index in [0.717, 1.165) is 17.7 Å². The van der Waals surface area contributed by atoms with Gasteiger partial charge in [-0.25, -0.2) is 4.98 Å². The van der Waals surface area contributed by atoms with Crippen molar-refractivity contribution in [2.24, 2.45) is 0 Å². The summed E-state index contributed by atoms with van der Waals surface area (Å²) >= 11 is 5.96. The van der Waals surface area contributed by atoms with Gasteiger partial charge in [0, 0.05) is 11.6 Å². The first-order chi connectivity index (χ1) is 9.36. The Kier molecular flexibility index (Phi) is 4.04. The molecule has 0 atom stereocenters. The molecule has 0 radical (unpaired) electrons. The molecular formula is C13H11ClF3N3. The number of pyridine rings is 1. The third kappa shape index (κ3) is 3.54. The van der Waals surface area contributed by atoms with Gasteiger partial charge in [0.1, 0.15) is 11.6 Å². The third-order valence-electron chi connectivity index (χ3n) is 2.59. The maximum atomic E-state index is 12.6. The van der Waals surface area contributed by atoms with Gasteiger partial charge in [-0.15, -0.1) is 0 Å². The summed E-state index contributed by atoms with van der Waals surface area (Å²) in [5.41, 5.74) is 5.29. The minimum atomic E-state index is -4.46. The number of nitrogens with zero attached hydrogens (tertiary/aromatic N) is 1. The Labute approximate surface area is 118 Å². The zero-order chi connectivity index (χ0) is 14.8. The van der Waals surface area contributed by atoms with Gasteiger partial charge >= 0.3 is 6.18 Å². The summed E-state index contributed by atoms with van der Waals surface area (Å²) in [6, 6.07) is 8.73. The van der Waals surface area contributed by atoms with E-state index in [1.165, 1.54) is 0 Å². The summed E-state index contributed by atoms with van der Waals surface area (Å²) in [7, 11) is 0. The molecule has 0 saturated carbocycles. The van der Waals surface area contributed by atoms with E-state index < -0.39 is 11.7 Å². The largest absolute Gasteiger partial charge is 0.416 e. The minimum absolute atomic E-state index is 0.0530. The summed E-state index contributed by atoms with van der Waals surface area (Å²) in [5.74, 6) is -0.140. The molecule has 20 heavy (non-hydrogen) atoms. The molecule has 106 valence electrons. The maximum Gasteiger partial charge on any atom is 0.416 e. The van der Waals surface area contributed by atoms with E-state index in [2.05, 4.69) is 10.3 Å². The van der Waals surface area contributed by atoms with E-state index in [4.69, 9.17) is 17.3 Å². The fourth-order valence-corrected chi connectivity index (χ4v) is 1.84. The highest BCUT2D eigenvalue weighted by Gasteiger charge is 2.31. The molecule has 0 saturated heterocycles. The van der Waals surface area contributed by atoms with Crippen LogP contribution >= 0.6 is 11.6 Å². The maximum absolute atomic E-state index is 12.6. The van der Waals surface area contributed by atoms with Crippen molar-refractivity contribution in [3.05, 3.63) is 52.5 Å². The Balaban J connectivity index is 2.18. The molecule has 1 aromatic carbocycles. The van der Waals surface area contributed by atoms with Gasteiger partial charge in [-0.05, 0) is 23.8 Å². The zero-order valence-electron chi connectivity index (χ0n) is 10.2. The van der Waals surface area contributed by atoms with Crippen LogP contribution in [0, 0.1) is 0 Å². The molecular weight excluding hydrogens is 291 g/mol. The monoisotopic (exact) mass is 301 g/mol. The van der Waals surface area contributed by atoms with Crippen LogP contribution in [-0.2, 0) is 12.7 Å². The average Bonchev–Trinajstić information content (AvgIpc) is 2.36. The van der Waals surface area contributed by atoms with Gasteiger partial charge < -0.3 is 11.1 Å². The van der Waals surface area contributed by atoms with Gasteiger partial charge in [-0.3, -0.25) is 0 Å². The van der Waals surface area contributed by atoms with Crippen molar-refractivity contribution in [1.82, 2.24) is 4.98 Å². The van der Waals surface area contributed by atoms with Gasteiger partial charge in [0.25, 0.3) is 0 Å². The molecule has 0 aliphatic heterocycles. The summed E-state index contributed by atoms with van der Waals surface area (Å²) in [6.07, 6.45) is -4.46. The van der Waals surface area contributed by atoms with Gasteiger partial charge in [-0.2, -0.15) is 13.2 Å². The Morgan fingerprint density at radius 1 is 1.20 bits per heavy atom. The van der Waals surface area contributed by atoms with E-state index in [9.17, 15) is 13.2 Å². The summed E-state index contributed by atoms with van der Waals surface area (Å²) in [5, 5.41) is 3.31. The first kappa shape index (κ1) is 14.5. The van der Waals surface area contributed by atoms with Crippen molar-refractivity contribution >= 4 is 23.2 Å². The Morgan fingerprint density at radius 2 is 1.90 bits per heavy atom. The second-order valence-corrected chi connectivity index (χ2v) is 4.52. The van der Waals surface area contributed by atoms with Crippen LogP contribution in [0.25, 0.3) is 0 Å². The molecule has 0 bridgehead atoms. The molecule has 0 fully saturated rings. The van der Waals surface area contributed by atoms with Crippen molar-refractivity contribution in [3.8, 4) is 0 Å². The van der Waals surface area contributed by atoms with Gasteiger partial charge in [0.2, 0.25) is 0 Å². The zero-order valence-corrected chi connectivity index (χ0v) is 11.0. The second kappa shape index (κ2) is 5.58. The highest BCUT2D eigenvalue weighted by atomic mass is 35.5. The van der Waals surface area contributed by atoms with Crippen molar-refractivity contribution in [2.45, 2.75) is 12.7 Å². The molecule has 7 heteroatoms. The van der Waals surface area contributed by atoms with Crippen LogP contribution in [0.15, 0.2) is 36.4 Å². The standard InChI is InChI=1S/C13H11ClF3N3/c14-10-4-2-1-3-8(10)7-19-12-6-9(13(15,16)17)5-11(18)20-12/h1-6H,7H2,(H3,18,19,20). The van der Waals surface area contributed by atoms with Crippen LogP contribution in [0.4, 0.5) is 24.8 Å². The Morgan fingerprint density at radius 3 is 2.55 bits per heavy atom. The van der Waals surface area contributed by atoms with Crippen LogP contribution < -0.4 is 11.1 Å². The number of anilines is 2. The molecule has 0 unspecified atom stereocenters. The molecule has 3 nitrogen and oxygen atoms in total. The second-order valence-electron chi connectivity index (χ2n) is 4.11. The quantitative estimate of drug-likeness (QED) is 0.902. The molecule has 1 aromatic heterocycles. The fraction of sp³-hybridized carbons (Fsp3) is 0.154. The highest BCUT2D eigenvalue weighted by Crippen LogP contribution is 2.31. The molecule has 3 N–H and O–H groups in total. The number of hydrogen-bond acceptors (Lipinski definition) is 3. The van der Waals surface area contributed by atoms with Crippen molar-refractivity contribution in [2.75, 3.05) is 11.1 Å². The number of halogens is 4. The molecule has 2 rings (SSSR count).